The van der Waals surface area contributed by atoms with E-state index >= 15 is 0 Å². The number of aliphatic hydroxyl groups is 2. The lowest BCUT2D eigenvalue weighted by atomic mass is 10.4. The summed E-state index contributed by atoms with van der Waals surface area (Å²) in [5.74, 6) is -0.796. The van der Waals surface area contributed by atoms with Crippen molar-refractivity contribution in [2.24, 2.45) is 0 Å². The standard InChI is InChI=1S/C4H4O3.C2H6O2/c5-3-1-2-4(6)7-3;3-1-2-4/h1-2H2;3-4H,1-2H2. The Morgan fingerprint density at radius 3 is 1.55 bits per heavy atom. The molecule has 0 aromatic heterocycles. The van der Waals surface area contributed by atoms with Gasteiger partial charge in [0.1, 0.15) is 0 Å². The summed E-state index contributed by atoms with van der Waals surface area (Å²) in [4.78, 5) is 20.0. The maximum atomic E-state index is 10.0. The Kier molecular flexibility index (Phi) is 5.32. The number of esters is 2. The van der Waals surface area contributed by atoms with Crippen molar-refractivity contribution < 1.29 is 24.5 Å². The van der Waals surface area contributed by atoms with Gasteiger partial charge in [-0.2, -0.15) is 0 Å². The lowest BCUT2D eigenvalue weighted by Crippen LogP contribution is -1.94. The smallest absolute Gasteiger partial charge is 0.314 e. The molecule has 0 spiro atoms. The van der Waals surface area contributed by atoms with E-state index < -0.39 is 11.9 Å². The summed E-state index contributed by atoms with van der Waals surface area (Å²) in [7, 11) is 0. The largest absolute Gasteiger partial charge is 0.394 e. The SMILES string of the molecule is O=C1CCC(=O)O1.OCCO. The Hall–Kier alpha value is -0.940. The van der Waals surface area contributed by atoms with E-state index in [0.717, 1.165) is 0 Å². The minimum absolute atomic E-state index is 0.125. The van der Waals surface area contributed by atoms with Gasteiger partial charge >= 0.3 is 11.9 Å². The van der Waals surface area contributed by atoms with Gasteiger partial charge in [0, 0.05) is 0 Å². The van der Waals surface area contributed by atoms with E-state index in [2.05, 4.69) is 4.74 Å². The van der Waals surface area contributed by atoms with Gasteiger partial charge in [-0.15, -0.1) is 0 Å². The second-order valence-electron chi connectivity index (χ2n) is 1.79. The number of carbonyl (C=O) groups is 2. The maximum Gasteiger partial charge on any atom is 0.314 e. The van der Waals surface area contributed by atoms with Gasteiger partial charge in [-0.25, -0.2) is 0 Å². The van der Waals surface area contributed by atoms with Crippen LogP contribution in [-0.2, 0) is 14.3 Å². The van der Waals surface area contributed by atoms with E-state index in [4.69, 9.17) is 10.2 Å². The lowest BCUT2D eigenvalue weighted by molar-refractivity contribution is -0.151. The highest BCUT2D eigenvalue weighted by molar-refractivity contribution is 5.92. The van der Waals surface area contributed by atoms with Crippen LogP contribution in [0.1, 0.15) is 12.8 Å². The first kappa shape index (κ1) is 10.1. The quantitative estimate of drug-likeness (QED) is 0.374. The molecule has 1 fully saturated rings. The fourth-order valence-corrected chi connectivity index (χ4v) is 0.433. The molecule has 1 saturated heterocycles. The first-order valence-corrected chi connectivity index (χ1v) is 3.16. The van der Waals surface area contributed by atoms with Crippen LogP contribution in [0.4, 0.5) is 0 Å². The second-order valence-corrected chi connectivity index (χ2v) is 1.79. The summed E-state index contributed by atoms with van der Waals surface area (Å²) in [5, 5.41) is 15.2. The topological polar surface area (TPSA) is 83.8 Å². The molecule has 64 valence electrons. The molecule has 0 aliphatic carbocycles. The van der Waals surface area contributed by atoms with Crippen LogP contribution in [0.2, 0.25) is 0 Å². The van der Waals surface area contributed by atoms with Gasteiger partial charge in [0.25, 0.3) is 0 Å². The highest BCUT2D eigenvalue weighted by atomic mass is 16.6. The van der Waals surface area contributed by atoms with Crippen LogP contribution in [0.3, 0.4) is 0 Å². The molecule has 0 unspecified atom stereocenters. The van der Waals surface area contributed by atoms with Crippen LogP contribution in [-0.4, -0.2) is 35.4 Å². The van der Waals surface area contributed by atoms with E-state index in [1.54, 1.807) is 0 Å². The van der Waals surface area contributed by atoms with Crippen molar-refractivity contribution in [3.63, 3.8) is 0 Å². The third kappa shape index (κ3) is 5.50. The highest BCUT2D eigenvalue weighted by Crippen LogP contribution is 2.03. The predicted molar refractivity (Wildman–Crippen MR) is 34.5 cm³/mol. The van der Waals surface area contributed by atoms with Gasteiger partial charge in [-0.3, -0.25) is 9.59 Å². The van der Waals surface area contributed by atoms with Gasteiger partial charge in [0.05, 0.1) is 26.1 Å². The zero-order valence-corrected chi connectivity index (χ0v) is 5.95. The van der Waals surface area contributed by atoms with E-state index in [-0.39, 0.29) is 26.1 Å². The normalized spacial score (nSPS) is 15.5. The van der Waals surface area contributed by atoms with Gasteiger partial charge in [-0.05, 0) is 0 Å². The third-order valence-electron chi connectivity index (χ3n) is 0.861. The average Bonchev–Trinajstić information content (AvgIpc) is 2.35. The van der Waals surface area contributed by atoms with Crippen LogP contribution < -0.4 is 0 Å². The molecule has 0 amide bonds. The van der Waals surface area contributed by atoms with Crippen molar-refractivity contribution in [3.05, 3.63) is 0 Å². The molecule has 0 atom stereocenters. The van der Waals surface area contributed by atoms with Crippen LogP contribution >= 0.6 is 0 Å². The van der Waals surface area contributed by atoms with E-state index in [0.29, 0.717) is 0 Å². The molecular weight excluding hydrogens is 152 g/mol. The molecule has 1 aliphatic heterocycles. The Morgan fingerprint density at radius 1 is 1.09 bits per heavy atom. The minimum atomic E-state index is -0.398. The molecule has 0 aromatic carbocycles. The van der Waals surface area contributed by atoms with Crippen LogP contribution in [0.15, 0.2) is 0 Å². The summed E-state index contributed by atoms with van der Waals surface area (Å²) in [6.07, 6.45) is 0.525. The number of rotatable bonds is 1. The molecular formula is C6H10O5. The Balaban J connectivity index is 0.000000218. The van der Waals surface area contributed by atoms with Gasteiger partial charge in [0.15, 0.2) is 0 Å². The number of hydrogen-bond acceptors (Lipinski definition) is 5. The Bertz CT molecular complexity index is 126. The number of cyclic esters (lactones) is 2. The second kappa shape index (κ2) is 5.82. The molecule has 1 heterocycles. The molecule has 11 heavy (non-hydrogen) atoms. The zero-order valence-electron chi connectivity index (χ0n) is 5.95. The molecule has 0 saturated carbocycles. The maximum absolute atomic E-state index is 10.0. The van der Waals surface area contributed by atoms with Gasteiger partial charge in [-0.1, -0.05) is 0 Å². The van der Waals surface area contributed by atoms with Gasteiger partial charge in [0.2, 0.25) is 0 Å². The minimum Gasteiger partial charge on any atom is -0.394 e. The summed E-state index contributed by atoms with van der Waals surface area (Å²) < 4.78 is 4.08. The molecule has 2 N–H and O–H groups in total. The predicted octanol–water partition coefficient (Wildman–Crippen LogP) is -1.18. The molecule has 1 aliphatic rings. The first-order chi connectivity index (χ1) is 5.20. The number of carbonyl (C=O) groups excluding carboxylic acids is 2. The Labute approximate surface area is 63.6 Å². The summed E-state index contributed by atoms with van der Waals surface area (Å²) >= 11 is 0. The average molecular weight is 162 g/mol. The molecule has 0 radical (unpaired) electrons. The van der Waals surface area contributed by atoms with Crippen LogP contribution in [0.5, 0.6) is 0 Å². The number of ether oxygens (including phenoxy) is 1. The Morgan fingerprint density at radius 2 is 1.45 bits per heavy atom. The fourth-order valence-electron chi connectivity index (χ4n) is 0.433. The summed E-state index contributed by atoms with van der Waals surface area (Å²) in [6, 6.07) is 0. The van der Waals surface area contributed by atoms with E-state index in [1.807, 2.05) is 0 Å². The van der Waals surface area contributed by atoms with Crippen molar-refractivity contribution in [2.45, 2.75) is 12.8 Å². The van der Waals surface area contributed by atoms with Crippen molar-refractivity contribution in [1.29, 1.82) is 0 Å². The number of hydrogen-bond donors (Lipinski definition) is 2. The van der Waals surface area contributed by atoms with Crippen LogP contribution in [0.25, 0.3) is 0 Å². The monoisotopic (exact) mass is 162 g/mol. The molecule has 1 rings (SSSR count). The van der Waals surface area contributed by atoms with Gasteiger partial charge < -0.3 is 14.9 Å². The van der Waals surface area contributed by atoms with E-state index in [9.17, 15) is 9.59 Å². The number of aliphatic hydroxyl groups excluding tert-OH is 2. The van der Waals surface area contributed by atoms with Crippen molar-refractivity contribution in [1.82, 2.24) is 0 Å². The summed E-state index contributed by atoms with van der Waals surface area (Å²) in [6.45, 7) is -0.250. The molecule has 0 bridgehead atoms. The van der Waals surface area contributed by atoms with Crippen molar-refractivity contribution >= 4 is 11.9 Å². The van der Waals surface area contributed by atoms with Crippen molar-refractivity contribution in [2.75, 3.05) is 13.2 Å². The zero-order chi connectivity index (χ0) is 8.69. The van der Waals surface area contributed by atoms with Crippen LogP contribution in [0, 0.1) is 0 Å². The van der Waals surface area contributed by atoms with Crippen molar-refractivity contribution in [3.8, 4) is 0 Å². The third-order valence-corrected chi connectivity index (χ3v) is 0.861. The first-order valence-electron chi connectivity index (χ1n) is 3.16. The fraction of sp³-hybridized carbons (Fsp3) is 0.667. The summed E-state index contributed by atoms with van der Waals surface area (Å²) in [5.41, 5.74) is 0. The molecule has 5 heteroatoms. The lowest BCUT2D eigenvalue weighted by Gasteiger charge is -1.79. The molecule has 0 aromatic rings. The molecule has 5 nitrogen and oxygen atoms in total. The van der Waals surface area contributed by atoms with E-state index in [1.165, 1.54) is 0 Å². The highest BCUT2D eigenvalue weighted by Gasteiger charge is 2.19.